The summed E-state index contributed by atoms with van der Waals surface area (Å²) in [5, 5.41) is 0. The molecule has 36 heavy (non-hydrogen) atoms. The largest absolute Gasteiger partial charge is 0.491 e. The molecule has 1 unspecified atom stereocenters. The molecule has 2 nitrogen and oxygen atoms in total. The molecule has 0 amide bonds. The summed E-state index contributed by atoms with van der Waals surface area (Å²) in [7, 11) is 0. The van der Waals surface area contributed by atoms with Crippen LogP contribution in [0, 0.1) is 34.9 Å². The first-order valence-corrected chi connectivity index (χ1v) is 11.7. The van der Waals surface area contributed by atoms with Crippen LogP contribution in [0.15, 0.2) is 42.5 Å². The molecule has 0 aromatic heterocycles. The third-order valence-electron chi connectivity index (χ3n) is 6.29. The van der Waals surface area contributed by atoms with Crippen LogP contribution in [0.1, 0.15) is 50.2 Å². The van der Waals surface area contributed by atoms with Gasteiger partial charge in [-0.25, -0.2) is 17.6 Å². The molecule has 0 heterocycles. The molecule has 0 aliphatic heterocycles. The molecule has 1 atom stereocenters. The van der Waals surface area contributed by atoms with Crippen LogP contribution in [-0.4, -0.2) is 13.2 Å². The maximum Gasteiger partial charge on any atom is 0.201 e. The van der Waals surface area contributed by atoms with Crippen molar-refractivity contribution in [3.63, 3.8) is 0 Å². The molecule has 3 aromatic carbocycles. The number of hydrogen-bond donors (Lipinski definition) is 0. The second kappa shape index (κ2) is 10.7. The van der Waals surface area contributed by atoms with Crippen molar-refractivity contribution >= 4 is 5.57 Å². The van der Waals surface area contributed by atoms with E-state index < -0.39 is 51.9 Å². The summed E-state index contributed by atoms with van der Waals surface area (Å²) in [5.41, 5.74) is -0.0799. The van der Waals surface area contributed by atoms with Gasteiger partial charge in [0.1, 0.15) is 0 Å². The first-order chi connectivity index (χ1) is 17.3. The predicted molar refractivity (Wildman–Crippen MR) is 125 cm³/mol. The molecule has 0 spiro atoms. The van der Waals surface area contributed by atoms with Gasteiger partial charge in [0.05, 0.1) is 13.2 Å². The van der Waals surface area contributed by atoms with Gasteiger partial charge in [0, 0.05) is 16.7 Å². The molecule has 0 fully saturated rings. The molecule has 0 bridgehead atoms. The van der Waals surface area contributed by atoms with Crippen LogP contribution < -0.4 is 9.47 Å². The van der Waals surface area contributed by atoms with E-state index in [0.29, 0.717) is 18.4 Å². The minimum atomic E-state index is -1.33. The van der Waals surface area contributed by atoms with E-state index in [-0.39, 0.29) is 42.3 Å². The van der Waals surface area contributed by atoms with Crippen molar-refractivity contribution in [3.8, 4) is 22.6 Å². The van der Waals surface area contributed by atoms with Crippen molar-refractivity contribution in [1.29, 1.82) is 0 Å². The predicted octanol–water partition coefficient (Wildman–Crippen LogP) is 8.34. The van der Waals surface area contributed by atoms with Gasteiger partial charge < -0.3 is 9.47 Å². The third-order valence-corrected chi connectivity index (χ3v) is 6.29. The van der Waals surface area contributed by atoms with Crippen molar-refractivity contribution in [2.45, 2.75) is 39.0 Å². The van der Waals surface area contributed by atoms with Crippen molar-refractivity contribution in [1.82, 2.24) is 0 Å². The van der Waals surface area contributed by atoms with Crippen LogP contribution in [0.3, 0.4) is 0 Å². The van der Waals surface area contributed by atoms with E-state index in [1.807, 2.05) is 0 Å². The second-order valence-electron chi connectivity index (χ2n) is 8.38. The van der Waals surface area contributed by atoms with Crippen molar-refractivity contribution < 1.29 is 35.8 Å². The maximum atomic E-state index is 15.1. The standard InChI is InChI=1S/C28H24F6O2/c1-3-35-21-13-11-18(24(30)27(21)33)16-7-5-15(6-8-16)17-9-10-19(25(31)23(17)29)20-12-14-22(36-4-2)28(34)26(20)32/h7,9-15H,3-6,8H2,1-2H3. The zero-order valence-corrected chi connectivity index (χ0v) is 19.7. The van der Waals surface area contributed by atoms with E-state index in [2.05, 4.69) is 0 Å². The van der Waals surface area contributed by atoms with Gasteiger partial charge in [0.15, 0.2) is 34.8 Å². The highest BCUT2D eigenvalue weighted by molar-refractivity contribution is 5.69. The third kappa shape index (κ3) is 4.68. The molecule has 0 saturated heterocycles. The smallest absolute Gasteiger partial charge is 0.201 e. The molecule has 0 N–H and O–H groups in total. The molecular formula is C28H24F6O2. The van der Waals surface area contributed by atoms with Crippen LogP contribution in [0.2, 0.25) is 0 Å². The second-order valence-corrected chi connectivity index (χ2v) is 8.38. The molecule has 1 aliphatic rings. The Morgan fingerprint density at radius 2 is 1.14 bits per heavy atom. The lowest BCUT2D eigenvalue weighted by Gasteiger charge is -2.24. The van der Waals surface area contributed by atoms with E-state index in [9.17, 15) is 22.0 Å². The number of hydrogen-bond acceptors (Lipinski definition) is 2. The van der Waals surface area contributed by atoms with E-state index in [1.165, 1.54) is 30.3 Å². The summed E-state index contributed by atoms with van der Waals surface area (Å²) < 4.78 is 97.7. The quantitative estimate of drug-likeness (QED) is 0.300. The number of halogens is 6. The molecule has 1 aliphatic carbocycles. The first kappa shape index (κ1) is 25.7. The number of ether oxygens (including phenoxy) is 2. The van der Waals surface area contributed by atoms with Crippen molar-refractivity contribution in [2.75, 3.05) is 13.2 Å². The Morgan fingerprint density at radius 3 is 1.67 bits per heavy atom. The molecule has 8 heteroatoms. The van der Waals surface area contributed by atoms with E-state index in [0.717, 1.165) is 6.07 Å². The SMILES string of the molecule is CCOc1ccc(C2=CCC(c3ccc(-c4ccc(OCC)c(F)c4F)c(F)c3F)CC2)c(F)c1F. The average Bonchev–Trinajstić information content (AvgIpc) is 2.88. The number of allylic oxidation sites excluding steroid dienone is 2. The topological polar surface area (TPSA) is 18.5 Å². The Morgan fingerprint density at radius 1 is 0.639 bits per heavy atom. The highest BCUT2D eigenvalue weighted by Crippen LogP contribution is 2.41. The zero-order chi connectivity index (χ0) is 26.0. The summed E-state index contributed by atoms with van der Waals surface area (Å²) >= 11 is 0. The van der Waals surface area contributed by atoms with Gasteiger partial charge in [0.25, 0.3) is 0 Å². The average molecular weight is 506 g/mol. The van der Waals surface area contributed by atoms with E-state index in [4.69, 9.17) is 9.47 Å². The fraction of sp³-hybridized carbons (Fsp3) is 0.286. The Labute approximate surface area is 205 Å². The molecule has 3 aromatic rings. The molecule has 190 valence electrons. The van der Waals surface area contributed by atoms with Crippen molar-refractivity contribution in [2.24, 2.45) is 0 Å². The zero-order valence-electron chi connectivity index (χ0n) is 19.7. The highest BCUT2D eigenvalue weighted by Gasteiger charge is 2.27. The fourth-order valence-corrected chi connectivity index (χ4v) is 4.50. The van der Waals surface area contributed by atoms with Gasteiger partial charge >= 0.3 is 0 Å². The molecule has 0 radical (unpaired) electrons. The van der Waals surface area contributed by atoms with Crippen LogP contribution in [0.4, 0.5) is 26.3 Å². The highest BCUT2D eigenvalue weighted by atomic mass is 19.2. The van der Waals surface area contributed by atoms with Gasteiger partial charge in [0.2, 0.25) is 11.6 Å². The number of benzene rings is 3. The lowest BCUT2D eigenvalue weighted by molar-refractivity contribution is 0.314. The van der Waals surface area contributed by atoms with Crippen LogP contribution >= 0.6 is 0 Å². The fourth-order valence-electron chi connectivity index (χ4n) is 4.50. The van der Waals surface area contributed by atoms with Gasteiger partial charge in [-0.15, -0.1) is 0 Å². The maximum absolute atomic E-state index is 15.1. The molecular weight excluding hydrogens is 482 g/mol. The Bertz CT molecular complexity index is 1320. The minimum Gasteiger partial charge on any atom is -0.491 e. The van der Waals surface area contributed by atoms with E-state index in [1.54, 1.807) is 19.9 Å². The normalized spacial score (nSPS) is 15.6. The van der Waals surface area contributed by atoms with Gasteiger partial charge in [-0.1, -0.05) is 18.2 Å². The summed E-state index contributed by atoms with van der Waals surface area (Å²) in [6.07, 6.45) is 2.63. The van der Waals surface area contributed by atoms with Gasteiger partial charge in [-0.05, 0) is 74.4 Å². The Hall–Kier alpha value is -3.42. The summed E-state index contributed by atoms with van der Waals surface area (Å²) in [4.78, 5) is 0. The molecule has 4 rings (SSSR count). The van der Waals surface area contributed by atoms with Crippen LogP contribution in [-0.2, 0) is 0 Å². The number of rotatable bonds is 7. The summed E-state index contributed by atoms with van der Waals surface area (Å²) in [6.45, 7) is 3.58. The Kier molecular flexibility index (Phi) is 7.62. The lowest BCUT2D eigenvalue weighted by atomic mass is 9.82. The first-order valence-electron chi connectivity index (χ1n) is 11.7. The van der Waals surface area contributed by atoms with E-state index >= 15 is 4.39 Å². The summed E-state index contributed by atoms with van der Waals surface area (Å²) in [5.74, 6) is -8.04. The van der Waals surface area contributed by atoms with Gasteiger partial charge in [-0.3, -0.25) is 0 Å². The Balaban J connectivity index is 1.59. The van der Waals surface area contributed by atoms with Crippen molar-refractivity contribution in [3.05, 3.63) is 88.5 Å². The van der Waals surface area contributed by atoms with Gasteiger partial charge in [-0.2, -0.15) is 8.78 Å². The van der Waals surface area contributed by atoms with Crippen LogP contribution in [0.25, 0.3) is 16.7 Å². The lowest BCUT2D eigenvalue weighted by Crippen LogP contribution is -2.09. The minimum absolute atomic E-state index is 0.0803. The van der Waals surface area contributed by atoms with Crippen LogP contribution in [0.5, 0.6) is 11.5 Å². The molecule has 0 saturated carbocycles. The monoisotopic (exact) mass is 506 g/mol. The summed E-state index contributed by atoms with van der Waals surface area (Å²) in [6, 6.07) is 7.67.